The number of nitro benzene ring substituents is 1. The number of nitriles is 1. The van der Waals surface area contributed by atoms with Crippen LogP contribution in [0.25, 0.3) is 0 Å². The van der Waals surface area contributed by atoms with E-state index in [1.54, 1.807) is 35.8 Å². The van der Waals surface area contributed by atoms with E-state index in [4.69, 9.17) is 11.6 Å². The Morgan fingerprint density at radius 1 is 1.26 bits per heavy atom. The van der Waals surface area contributed by atoms with Crippen LogP contribution in [0.5, 0.6) is 0 Å². The quantitative estimate of drug-likeness (QED) is 0.197. The van der Waals surface area contributed by atoms with Crippen molar-refractivity contribution in [3.63, 3.8) is 0 Å². The lowest BCUT2D eigenvalue weighted by Gasteiger charge is -2.33. The van der Waals surface area contributed by atoms with Crippen LogP contribution in [0.15, 0.2) is 57.2 Å². The van der Waals surface area contributed by atoms with E-state index in [9.17, 15) is 15.4 Å². The summed E-state index contributed by atoms with van der Waals surface area (Å²) in [5.74, 6) is 0.579. The summed E-state index contributed by atoms with van der Waals surface area (Å²) in [6, 6.07) is 14.6. The first-order chi connectivity index (χ1) is 16.2. The normalized spacial score (nSPS) is 15.8. The van der Waals surface area contributed by atoms with E-state index in [2.05, 4.69) is 31.8 Å². The molecule has 1 heterocycles. The molecule has 3 aromatic rings. The van der Waals surface area contributed by atoms with Gasteiger partial charge in [-0.1, -0.05) is 50.2 Å². The van der Waals surface area contributed by atoms with Crippen molar-refractivity contribution in [2.45, 2.75) is 49.8 Å². The summed E-state index contributed by atoms with van der Waals surface area (Å²) in [7, 11) is 0. The van der Waals surface area contributed by atoms with Crippen molar-refractivity contribution in [2.75, 3.05) is 0 Å². The molecular weight excluding hydrogens is 486 g/mol. The third-order valence-corrected chi connectivity index (χ3v) is 8.62. The number of aliphatic imine (C=N–C) groups is 1. The van der Waals surface area contributed by atoms with Gasteiger partial charge in [-0.15, -0.1) is 11.3 Å². The number of thiophene rings is 1. The first kappa shape index (κ1) is 24.5. The van der Waals surface area contributed by atoms with Crippen LogP contribution in [-0.2, 0) is 12.8 Å². The highest BCUT2D eigenvalue weighted by molar-refractivity contribution is 7.99. The van der Waals surface area contributed by atoms with Crippen LogP contribution >= 0.6 is 34.7 Å². The molecule has 174 valence electrons. The molecule has 5 nitrogen and oxygen atoms in total. The molecule has 0 saturated carbocycles. The number of hydrogen-bond donors (Lipinski definition) is 0. The average molecular weight is 510 g/mol. The second-order valence-electron chi connectivity index (χ2n) is 9.40. The molecule has 0 aliphatic heterocycles. The van der Waals surface area contributed by atoms with Crippen molar-refractivity contribution in [3.05, 3.63) is 79.2 Å². The second kappa shape index (κ2) is 9.91. The number of nitro groups is 1. The van der Waals surface area contributed by atoms with Crippen LogP contribution in [0.4, 0.5) is 10.7 Å². The van der Waals surface area contributed by atoms with Crippen LogP contribution in [0.1, 0.15) is 48.8 Å². The lowest BCUT2D eigenvalue weighted by molar-refractivity contribution is -0.387. The third kappa shape index (κ3) is 5.35. The maximum atomic E-state index is 11.7. The zero-order chi connectivity index (χ0) is 24.5. The fourth-order valence-corrected chi connectivity index (χ4v) is 6.37. The van der Waals surface area contributed by atoms with Crippen LogP contribution in [0.3, 0.4) is 0 Å². The average Bonchev–Trinajstić information content (AvgIpc) is 3.15. The molecule has 0 fully saturated rings. The molecule has 0 saturated heterocycles. The van der Waals surface area contributed by atoms with E-state index < -0.39 is 0 Å². The number of fused-ring (bicyclic) bond motifs is 1. The summed E-state index contributed by atoms with van der Waals surface area (Å²) < 4.78 is 0. The van der Waals surface area contributed by atoms with E-state index in [1.165, 1.54) is 22.7 Å². The minimum Gasteiger partial charge on any atom is -0.258 e. The van der Waals surface area contributed by atoms with Gasteiger partial charge in [-0.2, -0.15) is 5.26 Å². The van der Waals surface area contributed by atoms with E-state index in [1.807, 2.05) is 18.2 Å². The van der Waals surface area contributed by atoms with E-state index >= 15 is 0 Å². The molecule has 0 amide bonds. The highest BCUT2D eigenvalue weighted by Gasteiger charge is 2.32. The number of halogens is 1. The fraction of sp³-hybridized carbons (Fsp3) is 0.308. The molecular formula is C26H24ClN3O2S2. The Bertz CT molecular complexity index is 1300. The van der Waals surface area contributed by atoms with Gasteiger partial charge >= 0.3 is 0 Å². The molecule has 0 spiro atoms. The lowest BCUT2D eigenvalue weighted by Crippen LogP contribution is -2.26. The minimum absolute atomic E-state index is 0.0166. The highest BCUT2D eigenvalue weighted by atomic mass is 35.5. The lowest BCUT2D eigenvalue weighted by atomic mass is 9.72. The predicted octanol–water partition coefficient (Wildman–Crippen LogP) is 8.23. The predicted molar refractivity (Wildman–Crippen MR) is 140 cm³/mol. The second-order valence-corrected chi connectivity index (χ2v) is 12.0. The molecule has 1 aromatic heterocycles. The number of nitrogens with zero attached hydrogens (tertiary/aromatic N) is 3. The molecule has 0 bridgehead atoms. The third-order valence-electron chi connectivity index (χ3n) is 6.14. The Balaban J connectivity index is 1.60. The Labute approximate surface area is 212 Å². The number of benzene rings is 2. The molecule has 1 aliphatic carbocycles. The summed E-state index contributed by atoms with van der Waals surface area (Å²) in [5, 5.41) is 22.8. The molecule has 1 atom stereocenters. The van der Waals surface area contributed by atoms with Crippen molar-refractivity contribution in [2.24, 2.45) is 16.3 Å². The number of hydrogen-bond acceptors (Lipinski definition) is 6. The Morgan fingerprint density at radius 2 is 2.00 bits per heavy atom. The van der Waals surface area contributed by atoms with Crippen molar-refractivity contribution in [3.8, 4) is 6.07 Å². The summed E-state index contributed by atoms with van der Waals surface area (Å²) in [6.45, 7) is 6.80. The van der Waals surface area contributed by atoms with Gasteiger partial charge in [-0.25, -0.2) is 4.99 Å². The van der Waals surface area contributed by atoms with Crippen LogP contribution in [0.2, 0.25) is 5.02 Å². The zero-order valence-electron chi connectivity index (χ0n) is 19.2. The SMILES string of the molecule is CC(C)(C)[C@@H]1CCc2c(sc(N=Cc3ccc(Sc4ccc(Cl)cc4)c([N+](=O)[O-])c3)c2C#N)C1. The minimum atomic E-state index is -0.382. The molecule has 8 heteroatoms. The van der Waals surface area contributed by atoms with Gasteiger partial charge in [0, 0.05) is 27.1 Å². The van der Waals surface area contributed by atoms with Crippen LogP contribution in [-0.4, -0.2) is 11.1 Å². The number of rotatable bonds is 5. The Kier molecular flexibility index (Phi) is 7.13. The zero-order valence-corrected chi connectivity index (χ0v) is 21.6. The molecule has 34 heavy (non-hydrogen) atoms. The van der Waals surface area contributed by atoms with Gasteiger partial charge in [0.15, 0.2) is 0 Å². The van der Waals surface area contributed by atoms with Gasteiger partial charge in [0.2, 0.25) is 0 Å². The van der Waals surface area contributed by atoms with E-state index in [-0.39, 0.29) is 16.0 Å². The summed E-state index contributed by atoms with van der Waals surface area (Å²) >= 11 is 8.82. The highest BCUT2D eigenvalue weighted by Crippen LogP contribution is 2.45. The first-order valence-electron chi connectivity index (χ1n) is 11.0. The molecule has 4 rings (SSSR count). The van der Waals surface area contributed by atoms with Crippen molar-refractivity contribution in [1.29, 1.82) is 5.26 Å². The van der Waals surface area contributed by atoms with Gasteiger partial charge in [0.25, 0.3) is 5.69 Å². The largest absolute Gasteiger partial charge is 0.283 e. The molecule has 2 aromatic carbocycles. The van der Waals surface area contributed by atoms with Gasteiger partial charge in [-0.05, 0) is 72.1 Å². The summed E-state index contributed by atoms with van der Waals surface area (Å²) in [6.07, 6.45) is 4.55. The summed E-state index contributed by atoms with van der Waals surface area (Å²) in [5.41, 5.74) is 2.63. The summed E-state index contributed by atoms with van der Waals surface area (Å²) in [4.78, 5) is 18.6. The Hall–Kier alpha value is -2.66. The maximum absolute atomic E-state index is 11.7. The van der Waals surface area contributed by atoms with E-state index in [0.717, 1.165) is 29.7 Å². The van der Waals surface area contributed by atoms with Gasteiger partial charge in [0.05, 0.1) is 15.4 Å². The van der Waals surface area contributed by atoms with Gasteiger partial charge < -0.3 is 0 Å². The van der Waals surface area contributed by atoms with Crippen LogP contribution < -0.4 is 0 Å². The standard InChI is InChI=1S/C26H24ClN3O2S2/c1-26(2,3)17-5-10-20-21(14-28)25(34-24(20)13-17)29-15-16-4-11-23(22(12-16)30(31)32)33-19-8-6-18(27)7-9-19/h4,6-9,11-12,15,17H,5,10,13H2,1-3H3/t17-/m1/s1. The van der Waals surface area contributed by atoms with Crippen molar-refractivity contribution >= 4 is 51.6 Å². The molecule has 0 radical (unpaired) electrons. The monoisotopic (exact) mass is 509 g/mol. The van der Waals surface area contributed by atoms with Gasteiger partial charge in [-0.3, -0.25) is 10.1 Å². The van der Waals surface area contributed by atoms with Crippen molar-refractivity contribution in [1.82, 2.24) is 0 Å². The molecule has 1 aliphatic rings. The molecule has 0 N–H and O–H groups in total. The van der Waals surface area contributed by atoms with Crippen molar-refractivity contribution < 1.29 is 4.92 Å². The molecule has 0 unspecified atom stereocenters. The Morgan fingerprint density at radius 3 is 2.65 bits per heavy atom. The smallest absolute Gasteiger partial charge is 0.258 e. The van der Waals surface area contributed by atoms with Gasteiger partial charge in [0.1, 0.15) is 11.1 Å². The fourth-order valence-electron chi connectivity index (χ4n) is 4.12. The maximum Gasteiger partial charge on any atom is 0.283 e. The first-order valence-corrected chi connectivity index (χ1v) is 13.0. The topological polar surface area (TPSA) is 79.3 Å². The van der Waals surface area contributed by atoms with E-state index in [0.29, 0.717) is 32.0 Å². The van der Waals surface area contributed by atoms with Crippen LogP contribution in [0, 0.1) is 32.8 Å².